The van der Waals surface area contributed by atoms with Crippen molar-refractivity contribution >= 4 is 6.01 Å². The summed E-state index contributed by atoms with van der Waals surface area (Å²) in [6.07, 6.45) is 0.677. The van der Waals surface area contributed by atoms with Crippen LogP contribution in [0.25, 0.3) is 11.3 Å². The summed E-state index contributed by atoms with van der Waals surface area (Å²) in [5, 5.41) is 0. The molecule has 0 atom stereocenters. The van der Waals surface area contributed by atoms with Gasteiger partial charge in [-0.25, -0.2) is 4.39 Å². The molecular formula is C11H11FN2O. The Balaban J connectivity index is 2.53. The lowest BCUT2D eigenvalue weighted by Crippen LogP contribution is -1.86. The highest BCUT2D eigenvalue weighted by molar-refractivity contribution is 5.62. The predicted octanol–water partition coefficient (Wildman–Crippen LogP) is 2.63. The topological polar surface area (TPSA) is 52.0 Å². The zero-order chi connectivity index (χ0) is 10.8. The van der Waals surface area contributed by atoms with Gasteiger partial charge in [0.05, 0.1) is 0 Å². The number of benzene rings is 1. The molecule has 2 rings (SSSR count). The molecule has 0 amide bonds. The Morgan fingerprint density at radius 1 is 1.47 bits per heavy atom. The maximum Gasteiger partial charge on any atom is 0.292 e. The van der Waals surface area contributed by atoms with E-state index >= 15 is 0 Å². The maximum absolute atomic E-state index is 13.0. The van der Waals surface area contributed by atoms with E-state index in [1.54, 1.807) is 12.1 Å². The molecule has 78 valence electrons. The van der Waals surface area contributed by atoms with Crippen LogP contribution in [0.4, 0.5) is 10.4 Å². The van der Waals surface area contributed by atoms with Gasteiger partial charge in [0.1, 0.15) is 17.3 Å². The second-order valence-electron chi connectivity index (χ2n) is 3.19. The molecule has 4 heteroatoms. The zero-order valence-corrected chi connectivity index (χ0v) is 8.33. The molecule has 0 unspecified atom stereocenters. The number of nitrogen functional groups attached to an aromatic ring is 1. The van der Waals surface area contributed by atoms with Gasteiger partial charge in [0, 0.05) is 12.0 Å². The predicted molar refractivity (Wildman–Crippen MR) is 55.7 cm³/mol. The fourth-order valence-electron chi connectivity index (χ4n) is 1.47. The Bertz CT molecular complexity index is 479. The monoisotopic (exact) mass is 206 g/mol. The summed E-state index contributed by atoms with van der Waals surface area (Å²) in [7, 11) is 0. The van der Waals surface area contributed by atoms with E-state index in [1.807, 2.05) is 6.92 Å². The van der Waals surface area contributed by atoms with Crippen LogP contribution in [0.15, 0.2) is 28.7 Å². The lowest BCUT2D eigenvalue weighted by molar-refractivity contribution is 0.530. The van der Waals surface area contributed by atoms with Crippen LogP contribution in [0.5, 0.6) is 0 Å². The van der Waals surface area contributed by atoms with E-state index < -0.39 is 0 Å². The molecular weight excluding hydrogens is 195 g/mol. The summed E-state index contributed by atoms with van der Waals surface area (Å²) in [6, 6.07) is 6.33. The first kappa shape index (κ1) is 9.71. The summed E-state index contributed by atoms with van der Waals surface area (Å²) in [6.45, 7) is 1.93. The molecule has 3 nitrogen and oxygen atoms in total. The second kappa shape index (κ2) is 3.73. The molecule has 1 heterocycles. The van der Waals surface area contributed by atoms with Gasteiger partial charge in [-0.15, -0.1) is 0 Å². The first-order chi connectivity index (χ1) is 7.20. The minimum Gasteiger partial charge on any atom is -0.428 e. The van der Waals surface area contributed by atoms with E-state index in [0.29, 0.717) is 23.4 Å². The van der Waals surface area contributed by atoms with Crippen molar-refractivity contribution in [3.8, 4) is 11.3 Å². The van der Waals surface area contributed by atoms with Crippen LogP contribution >= 0.6 is 0 Å². The normalized spacial score (nSPS) is 10.5. The largest absolute Gasteiger partial charge is 0.428 e. The molecule has 0 radical (unpaired) electrons. The smallest absolute Gasteiger partial charge is 0.292 e. The van der Waals surface area contributed by atoms with E-state index in [0.717, 1.165) is 0 Å². The molecule has 2 aromatic rings. The molecule has 0 aliphatic rings. The van der Waals surface area contributed by atoms with Gasteiger partial charge in [0.15, 0.2) is 0 Å². The van der Waals surface area contributed by atoms with E-state index in [-0.39, 0.29) is 11.8 Å². The molecule has 0 aliphatic heterocycles. The average molecular weight is 206 g/mol. The Labute approximate surface area is 86.7 Å². The summed E-state index contributed by atoms with van der Waals surface area (Å²) in [4.78, 5) is 4.04. The number of aromatic nitrogens is 1. The van der Waals surface area contributed by atoms with Crippen LogP contribution in [0, 0.1) is 5.82 Å². The van der Waals surface area contributed by atoms with Crippen molar-refractivity contribution in [2.45, 2.75) is 13.3 Å². The number of hydrogen-bond acceptors (Lipinski definition) is 3. The Morgan fingerprint density at radius 2 is 2.27 bits per heavy atom. The summed E-state index contributed by atoms with van der Waals surface area (Å²) >= 11 is 0. The highest BCUT2D eigenvalue weighted by Crippen LogP contribution is 2.25. The molecule has 15 heavy (non-hydrogen) atoms. The third kappa shape index (κ3) is 1.83. The Hall–Kier alpha value is -1.84. The van der Waals surface area contributed by atoms with Gasteiger partial charge in [-0.1, -0.05) is 19.1 Å². The fraction of sp³-hybridized carbons (Fsp3) is 0.182. The lowest BCUT2D eigenvalue weighted by atomic mass is 10.1. The molecule has 0 saturated heterocycles. The fourth-order valence-corrected chi connectivity index (χ4v) is 1.47. The van der Waals surface area contributed by atoms with Crippen LogP contribution in [-0.2, 0) is 6.42 Å². The zero-order valence-electron chi connectivity index (χ0n) is 8.33. The van der Waals surface area contributed by atoms with Crippen molar-refractivity contribution in [3.05, 3.63) is 35.8 Å². The quantitative estimate of drug-likeness (QED) is 0.821. The van der Waals surface area contributed by atoms with Crippen molar-refractivity contribution in [3.63, 3.8) is 0 Å². The Kier molecular flexibility index (Phi) is 2.41. The molecule has 1 aromatic carbocycles. The number of rotatable bonds is 2. The molecule has 0 fully saturated rings. The molecule has 0 aliphatic carbocycles. The van der Waals surface area contributed by atoms with E-state index in [4.69, 9.17) is 10.2 Å². The van der Waals surface area contributed by atoms with Gasteiger partial charge in [-0.2, -0.15) is 4.98 Å². The van der Waals surface area contributed by atoms with Crippen LogP contribution in [0.2, 0.25) is 0 Å². The number of anilines is 1. The van der Waals surface area contributed by atoms with Gasteiger partial charge in [-0.3, -0.25) is 0 Å². The van der Waals surface area contributed by atoms with Gasteiger partial charge in [-0.05, 0) is 12.1 Å². The lowest BCUT2D eigenvalue weighted by Gasteiger charge is -1.98. The molecule has 1 aromatic heterocycles. The highest BCUT2D eigenvalue weighted by Gasteiger charge is 2.12. The van der Waals surface area contributed by atoms with Gasteiger partial charge in [0.25, 0.3) is 6.01 Å². The third-order valence-electron chi connectivity index (χ3n) is 2.13. The number of oxazole rings is 1. The number of nitrogens with two attached hydrogens (primary N) is 1. The molecule has 2 N–H and O–H groups in total. The van der Waals surface area contributed by atoms with Crippen molar-refractivity contribution in [2.75, 3.05) is 5.73 Å². The maximum atomic E-state index is 13.0. The summed E-state index contributed by atoms with van der Waals surface area (Å²) in [5.74, 6) is 0.384. The van der Waals surface area contributed by atoms with Gasteiger partial charge < -0.3 is 10.2 Å². The number of nitrogens with zero attached hydrogens (tertiary/aromatic N) is 1. The first-order valence-electron chi connectivity index (χ1n) is 4.72. The number of hydrogen-bond donors (Lipinski definition) is 1. The summed E-state index contributed by atoms with van der Waals surface area (Å²) < 4.78 is 18.2. The van der Waals surface area contributed by atoms with Crippen LogP contribution in [0.3, 0.4) is 0 Å². The van der Waals surface area contributed by atoms with Crippen LogP contribution < -0.4 is 5.73 Å². The van der Waals surface area contributed by atoms with Gasteiger partial charge in [0.2, 0.25) is 0 Å². The van der Waals surface area contributed by atoms with Crippen molar-refractivity contribution in [1.82, 2.24) is 4.98 Å². The summed E-state index contributed by atoms with van der Waals surface area (Å²) in [5.41, 5.74) is 6.77. The van der Waals surface area contributed by atoms with Crippen molar-refractivity contribution in [2.24, 2.45) is 0 Å². The first-order valence-corrected chi connectivity index (χ1v) is 4.72. The molecule has 0 saturated carbocycles. The molecule has 0 spiro atoms. The van der Waals surface area contributed by atoms with Crippen LogP contribution in [-0.4, -0.2) is 4.98 Å². The second-order valence-corrected chi connectivity index (χ2v) is 3.19. The SMILES string of the molecule is CCc1oc(N)nc1-c1cccc(F)c1. The highest BCUT2D eigenvalue weighted by atomic mass is 19.1. The van der Waals surface area contributed by atoms with E-state index in [1.165, 1.54) is 12.1 Å². The van der Waals surface area contributed by atoms with Gasteiger partial charge >= 0.3 is 0 Å². The Morgan fingerprint density at radius 3 is 2.93 bits per heavy atom. The number of aryl methyl sites for hydroxylation is 1. The standard InChI is InChI=1S/C11H11FN2O/c1-2-9-10(14-11(13)15-9)7-4-3-5-8(12)6-7/h3-6H,2H2,1H3,(H2,13,14). The van der Waals surface area contributed by atoms with Crippen molar-refractivity contribution < 1.29 is 8.81 Å². The average Bonchev–Trinajstić information content (AvgIpc) is 2.59. The number of halogens is 1. The third-order valence-corrected chi connectivity index (χ3v) is 2.13. The van der Waals surface area contributed by atoms with E-state index in [9.17, 15) is 4.39 Å². The van der Waals surface area contributed by atoms with Crippen LogP contribution in [0.1, 0.15) is 12.7 Å². The van der Waals surface area contributed by atoms with Crippen molar-refractivity contribution in [1.29, 1.82) is 0 Å². The van der Waals surface area contributed by atoms with E-state index in [2.05, 4.69) is 4.98 Å². The minimum absolute atomic E-state index is 0.117. The molecule has 0 bridgehead atoms. The minimum atomic E-state index is -0.295.